The molecule has 2 nitrogen and oxygen atoms in total. The van der Waals surface area contributed by atoms with Gasteiger partial charge in [-0.05, 0) is 35.4 Å². The Morgan fingerprint density at radius 2 is 1.43 bits per heavy atom. The Morgan fingerprint density at radius 1 is 0.783 bits per heavy atom. The second-order valence-corrected chi connectivity index (χ2v) is 5.02. The topological polar surface area (TPSA) is 29.1 Å². The van der Waals surface area contributed by atoms with E-state index in [1.54, 1.807) is 12.1 Å². The molecule has 0 atom stereocenters. The van der Waals surface area contributed by atoms with Crippen LogP contribution in [-0.4, -0.2) is 5.91 Å². The van der Waals surface area contributed by atoms with E-state index in [1.165, 1.54) is 0 Å². The van der Waals surface area contributed by atoms with Crippen LogP contribution in [0.4, 0.5) is 14.5 Å². The van der Waals surface area contributed by atoms with Crippen molar-refractivity contribution < 1.29 is 13.6 Å². The Labute approximate surface area is 132 Å². The zero-order valence-corrected chi connectivity index (χ0v) is 12.1. The summed E-state index contributed by atoms with van der Waals surface area (Å²) in [5.41, 5.74) is 2.42. The minimum absolute atomic E-state index is 0.196. The summed E-state index contributed by atoms with van der Waals surface area (Å²) in [6.45, 7) is 0. The van der Waals surface area contributed by atoms with E-state index in [4.69, 9.17) is 0 Å². The van der Waals surface area contributed by atoms with Gasteiger partial charge in [0.05, 0.1) is 5.56 Å². The zero-order valence-electron chi connectivity index (χ0n) is 12.1. The van der Waals surface area contributed by atoms with Gasteiger partial charge in [-0.3, -0.25) is 4.79 Å². The van der Waals surface area contributed by atoms with Gasteiger partial charge in [-0.2, -0.15) is 0 Å². The van der Waals surface area contributed by atoms with E-state index in [1.807, 2.05) is 42.5 Å². The quantitative estimate of drug-likeness (QED) is 0.733. The van der Waals surface area contributed by atoms with Gasteiger partial charge in [-0.15, -0.1) is 0 Å². The number of amides is 1. The van der Waals surface area contributed by atoms with E-state index >= 15 is 0 Å². The Kier molecular flexibility index (Phi) is 4.15. The molecule has 23 heavy (non-hydrogen) atoms. The molecule has 0 aromatic heterocycles. The van der Waals surface area contributed by atoms with Gasteiger partial charge in [0.15, 0.2) is 0 Å². The Bertz CT molecular complexity index is 830. The highest BCUT2D eigenvalue weighted by molar-refractivity contribution is 6.04. The van der Waals surface area contributed by atoms with Crippen LogP contribution in [0.1, 0.15) is 10.4 Å². The number of nitrogens with one attached hydrogen (secondary N) is 1. The van der Waals surface area contributed by atoms with Gasteiger partial charge in [-0.1, -0.05) is 42.5 Å². The molecule has 0 radical (unpaired) electrons. The van der Waals surface area contributed by atoms with Gasteiger partial charge in [0.25, 0.3) is 5.91 Å². The average molecular weight is 309 g/mol. The lowest BCUT2D eigenvalue weighted by atomic mass is 10.1. The monoisotopic (exact) mass is 309 g/mol. The number of hydrogen-bond acceptors (Lipinski definition) is 1. The normalized spacial score (nSPS) is 10.3. The summed E-state index contributed by atoms with van der Waals surface area (Å²) in [5.74, 6) is -2.22. The fraction of sp³-hybridized carbons (Fsp3) is 0. The molecular weight excluding hydrogens is 296 g/mol. The highest BCUT2D eigenvalue weighted by atomic mass is 19.1. The van der Waals surface area contributed by atoms with E-state index in [9.17, 15) is 13.6 Å². The van der Waals surface area contributed by atoms with Crippen LogP contribution in [0.25, 0.3) is 11.1 Å². The predicted octanol–water partition coefficient (Wildman–Crippen LogP) is 4.88. The molecule has 0 unspecified atom stereocenters. The lowest BCUT2D eigenvalue weighted by Crippen LogP contribution is -2.13. The molecule has 0 bridgehead atoms. The number of rotatable bonds is 3. The molecule has 0 aliphatic rings. The molecular formula is C19H13F2NO. The second-order valence-electron chi connectivity index (χ2n) is 5.02. The summed E-state index contributed by atoms with van der Waals surface area (Å²) in [6.07, 6.45) is 0. The van der Waals surface area contributed by atoms with Crippen LogP contribution in [0.2, 0.25) is 0 Å². The molecule has 0 aliphatic carbocycles. The number of halogens is 2. The second kappa shape index (κ2) is 6.40. The maximum Gasteiger partial charge on any atom is 0.258 e. The largest absolute Gasteiger partial charge is 0.322 e. The van der Waals surface area contributed by atoms with Crippen LogP contribution < -0.4 is 5.32 Å². The third-order valence-electron chi connectivity index (χ3n) is 3.43. The number of hydrogen-bond donors (Lipinski definition) is 1. The van der Waals surface area contributed by atoms with Gasteiger partial charge >= 0.3 is 0 Å². The summed E-state index contributed by atoms with van der Waals surface area (Å²) in [4.78, 5) is 12.0. The molecule has 0 saturated carbocycles. The van der Waals surface area contributed by atoms with E-state index in [-0.39, 0.29) is 5.56 Å². The smallest absolute Gasteiger partial charge is 0.258 e. The van der Waals surface area contributed by atoms with Crippen LogP contribution in [0.5, 0.6) is 0 Å². The first-order valence-corrected chi connectivity index (χ1v) is 7.05. The number of carbonyl (C=O) groups excluding carboxylic acids is 1. The van der Waals surface area contributed by atoms with Gasteiger partial charge < -0.3 is 5.32 Å². The fourth-order valence-corrected chi connectivity index (χ4v) is 2.25. The zero-order chi connectivity index (χ0) is 16.2. The van der Waals surface area contributed by atoms with E-state index in [0.29, 0.717) is 11.8 Å². The summed E-state index contributed by atoms with van der Waals surface area (Å²) >= 11 is 0. The Hall–Kier alpha value is -3.01. The van der Waals surface area contributed by atoms with Crippen molar-refractivity contribution in [3.05, 3.63) is 90.0 Å². The molecule has 3 aromatic carbocycles. The predicted molar refractivity (Wildman–Crippen MR) is 86.2 cm³/mol. The van der Waals surface area contributed by atoms with Crippen molar-refractivity contribution in [2.45, 2.75) is 0 Å². The maximum absolute atomic E-state index is 13.6. The number of carbonyl (C=O) groups is 1. The molecule has 1 amide bonds. The van der Waals surface area contributed by atoms with Crippen LogP contribution >= 0.6 is 0 Å². The number of benzene rings is 3. The molecule has 0 aliphatic heterocycles. The standard InChI is InChI=1S/C19H13F2NO/c20-15-8-11-17(18(21)12-15)19(23)22-16-9-6-14(7-10-16)13-4-2-1-3-5-13/h1-12H,(H,22,23). The Morgan fingerprint density at radius 3 is 2.09 bits per heavy atom. The minimum atomic E-state index is -0.886. The van der Waals surface area contributed by atoms with Crippen molar-refractivity contribution in [2.24, 2.45) is 0 Å². The molecule has 3 aromatic rings. The molecule has 3 rings (SSSR count). The van der Waals surface area contributed by atoms with Crippen molar-refractivity contribution in [1.82, 2.24) is 0 Å². The first-order chi connectivity index (χ1) is 11.1. The van der Waals surface area contributed by atoms with Crippen molar-refractivity contribution in [2.75, 3.05) is 5.32 Å². The van der Waals surface area contributed by atoms with Crippen molar-refractivity contribution in [3.8, 4) is 11.1 Å². The summed E-state index contributed by atoms with van der Waals surface area (Å²) in [5, 5.41) is 2.60. The fourth-order valence-electron chi connectivity index (χ4n) is 2.25. The number of anilines is 1. The molecule has 0 spiro atoms. The van der Waals surface area contributed by atoms with Gasteiger partial charge in [0.2, 0.25) is 0 Å². The molecule has 114 valence electrons. The molecule has 0 saturated heterocycles. The van der Waals surface area contributed by atoms with Gasteiger partial charge in [-0.25, -0.2) is 8.78 Å². The van der Waals surface area contributed by atoms with Crippen LogP contribution in [-0.2, 0) is 0 Å². The van der Waals surface area contributed by atoms with Crippen LogP contribution in [0.3, 0.4) is 0 Å². The third-order valence-corrected chi connectivity index (χ3v) is 3.43. The maximum atomic E-state index is 13.6. The lowest BCUT2D eigenvalue weighted by Gasteiger charge is -2.07. The molecule has 1 N–H and O–H groups in total. The highest BCUT2D eigenvalue weighted by Gasteiger charge is 2.12. The molecule has 0 fully saturated rings. The average Bonchev–Trinajstić information content (AvgIpc) is 2.56. The summed E-state index contributed by atoms with van der Waals surface area (Å²) in [7, 11) is 0. The van der Waals surface area contributed by atoms with E-state index in [0.717, 1.165) is 23.3 Å². The van der Waals surface area contributed by atoms with E-state index in [2.05, 4.69) is 5.32 Å². The van der Waals surface area contributed by atoms with Gasteiger partial charge in [0, 0.05) is 11.8 Å². The SMILES string of the molecule is O=C(Nc1ccc(-c2ccccc2)cc1)c1ccc(F)cc1F. The van der Waals surface area contributed by atoms with Gasteiger partial charge in [0.1, 0.15) is 11.6 Å². The van der Waals surface area contributed by atoms with Crippen molar-refractivity contribution in [3.63, 3.8) is 0 Å². The first kappa shape index (κ1) is 14.9. The lowest BCUT2D eigenvalue weighted by molar-refractivity contribution is 0.102. The van der Waals surface area contributed by atoms with Crippen molar-refractivity contribution in [1.29, 1.82) is 0 Å². The summed E-state index contributed by atoms with van der Waals surface area (Å²) in [6, 6.07) is 19.9. The first-order valence-electron chi connectivity index (χ1n) is 7.05. The molecule has 4 heteroatoms. The third kappa shape index (κ3) is 3.43. The van der Waals surface area contributed by atoms with E-state index < -0.39 is 17.5 Å². The van der Waals surface area contributed by atoms with Crippen molar-refractivity contribution >= 4 is 11.6 Å². The van der Waals surface area contributed by atoms with Crippen LogP contribution in [0.15, 0.2) is 72.8 Å². The Balaban J connectivity index is 1.77. The minimum Gasteiger partial charge on any atom is -0.322 e. The summed E-state index contributed by atoms with van der Waals surface area (Å²) < 4.78 is 26.5. The molecule has 0 heterocycles. The van der Waals surface area contributed by atoms with Crippen LogP contribution in [0, 0.1) is 11.6 Å². The highest BCUT2D eigenvalue weighted by Crippen LogP contribution is 2.21.